The van der Waals surface area contributed by atoms with E-state index in [2.05, 4.69) is 22.4 Å². The van der Waals surface area contributed by atoms with Crippen LogP contribution in [0, 0.1) is 0 Å². The van der Waals surface area contributed by atoms with Crippen LogP contribution in [-0.2, 0) is 11.3 Å². The number of aliphatic hydroxyl groups excluding tert-OH is 1. The maximum Gasteiger partial charge on any atom is 0.193 e. The molecule has 1 aromatic rings. The molecule has 1 saturated heterocycles. The van der Waals surface area contributed by atoms with Crippen molar-refractivity contribution in [2.24, 2.45) is 4.99 Å². The SMILES string of the molecule is CN(C)C(=NCc1ccccc1)NC[C@H]1CC[C@@H](CO)O1. The molecule has 0 saturated carbocycles. The van der Waals surface area contributed by atoms with Crippen molar-refractivity contribution in [2.75, 3.05) is 27.2 Å². The van der Waals surface area contributed by atoms with Crippen LogP contribution in [0.4, 0.5) is 0 Å². The Kier molecular flexibility index (Phi) is 6.02. The van der Waals surface area contributed by atoms with Crippen molar-refractivity contribution in [1.29, 1.82) is 0 Å². The molecular weight excluding hydrogens is 266 g/mol. The van der Waals surface area contributed by atoms with E-state index in [1.54, 1.807) is 0 Å². The molecule has 1 aromatic carbocycles. The average molecular weight is 291 g/mol. The van der Waals surface area contributed by atoms with Crippen LogP contribution in [0.5, 0.6) is 0 Å². The normalized spacial score (nSPS) is 22.3. The number of hydrogen-bond acceptors (Lipinski definition) is 3. The van der Waals surface area contributed by atoms with Crippen molar-refractivity contribution in [1.82, 2.24) is 10.2 Å². The molecule has 1 heterocycles. The molecule has 2 N–H and O–H groups in total. The van der Waals surface area contributed by atoms with Gasteiger partial charge < -0.3 is 20.1 Å². The van der Waals surface area contributed by atoms with E-state index in [1.165, 1.54) is 5.56 Å². The van der Waals surface area contributed by atoms with E-state index in [-0.39, 0.29) is 18.8 Å². The second-order valence-electron chi connectivity index (χ2n) is 5.54. The Balaban J connectivity index is 1.84. The number of rotatable bonds is 5. The molecule has 2 rings (SSSR count). The molecule has 5 nitrogen and oxygen atoms in total. The van der Waals surface area contributed by atoms with E-state index in [1.807, 2.05) is 37.2 Å². The summed E-state index contributed by atoms with van der Waals surface area (Å²) < 4.78 is 5.72. The number of benzene rings is 1. The Morgan fingerprint density at radius 2 is 2.00 bits per heavy atom. The van der Waals surface area contributed by atoms with Gasteiger partial charge in [0.05, 0.1) is 25.4 Å². The van der Waals surface area contributed by atoms with Crippen LogP contribution in [0.25, 0.3) is 0 Å². The predicted octanol–water partition coefficient (Wildman–Crippen LogP) is 1.23. The lowest BCUT2D eigenvalue weighted by molar-refractivity contribution is 0.0139. The molecule has 116 valence electrons. The van der Waals surface area contributed by atoms with Gasteiger partial charge in [-0.25, -0.2) is 4.99 Å². The highest BCUT2D eigenvalue weighted by atomic mass is 16.5. The minimum atomic E-state index is 0.000800. The van der Waals surface area contributed by atoms with Crippen LogP contribution in [0.15, 0.2) is 35.3 Å². The predicted molar refractivity (Wildman–Crippen MR) is 84.3 cm³/mol. The molecule has 5 heteroatoms. The molecule has 0 amide bonds. The summed E-state index contributed by atoms with van der Waals surface area (Å²) in [4.78, 5) is 6.59. The van der Waals surface area contributed by atoms with Gasteiger partial charge in [0.15, 0.2) is 5.96 Å². The third-order valence-electron chi connectivity index (χ3n) is 3.56. The van der Waals surface area contributed by atoms with E-state index in [9.17, 15) is 0 Å². The summed E-state index contributed by atoms with van der Waals surface area (Å²) in [6.07, 6.45) is 2.07. The largest absolute Gasteiger partial charge is 0.394 e. The second-order valence-corrected chi connectivity index (χ2v) is 5.54. The van der Waals surface area contributed by atoms with Crippen molar-refractivity contribution in [2.45, 2.75) is 31.6 Å². The van der Waals surface area contributed by atoms with Crippen LogP contribution < -0.4 is 5.32 Å². The van der Waals surface area contributed by atoms with Crippen molar-refractivity contribution in [3.05, 3.63) is 35.9 Å². The van der Waals surface area contributed by atoms with E-state index < -0.39 is 0 Å². The average Bonchev–Trinajstić information content (AvgIpc) is 2.96. The highest BCUT2D eigenvalue weighted by Crippen LogP contribution is 2.18. The molecule has 1 aliphatic rings. The molecule has 0 unspecified atom stereocenters. The molecule has 2 atom stereocenters. The zero-order chi connectivity index (χ0) is 15.1. The number of nitrogens with one attached hydrogen (secondary N) is 1. The highest BCUT2D eigenvalue weighted by Gasteiger charge is 2.24. The minimum absolute atomic E-state index is 0.000800. The first kappa shape index (κ1) is 15.8. The summed E-state index contributed by atoms with van der Waals surface area (Å²) >= 11 is 0. The van der Waals surface area contributed by atoms with E-state index in [0.29, 0.717) is 6.54 Å². The second kappa shape index (κ2) is 8.00. The van der Waals surface area contributed by atoms with Crippen LogP contribution >= 0.6 is 0 Å². The van der Waals surface area contributed by atoms with Gasteiger partial charge in [-0.3, -0.25) is 0 Å². The summed E-state index contributed by atoms with van der Waals surface area (Å²) in [5.41, 5.74) is 1.19. The minimum Gasteiger partial charge on any atom is -0.394 e. The van der Waals surface area contributed by atoms with Gasteiger partial charge in [0.25, 0.3) is 0 Å². The molecule has 1 fully saturated rings. The lowest BCUT2D eigenvalue weighted by Gasteiger charge is -2.20. The van der Waals surface area contributed by atoms with Gasteiger partial charge in [-0.15, -0.1) is 0 Å². The van der Waals surface area contributed by atoms with Crippen LogP contribution in [0.2, 0.25) is 0 Å². The van der Waals surface area contributed by atoms with Crippen LogP contribution in [0.3, 0.4) is 0 Å². The number of guanidine groups is 1. The van der Waals surface area contributed by atoms with Gasteiger partial charge in [0.1, 0.15) is 0 Å². The molecule has 1 aliphatic heterocycles. The maximum absolute atomic E-state index is 9.08. The molecule has 0 bridgehead atoms. The lowest BCUT2D eigenvalue weighted by Crippen LogP contribution is -2.40. The van der Waals surface area contributed by atoms with Crippen molar-refractivity contribution in [3.8, 4) is 0 Å². The monoisotopic (exact) mass is 291 g/mol. The summed E-state index contributed by atoms with van der Waals surface area (Å²) in [5.74, 6) is 0.856. The van der Waals surface area contributed by atoms with E-state index >= 15 is 0 Å². The summed E-state index contributed by atoms with van der Waals surface area (Å²) in [5, 5.41) is 12.4. The number of nitrogens with zero attached hydrogens (tertiary/aromatic N) is 2. The van der Waals surface area contributed by atoms with E-state index in [4.69, 9.17) is 9.84 Å². The fourth-order valence-corrected chi connectivity index (χ4v) is 2.37. The number of aliphatic imine (C=N–C) groups is 1. The Labute approximate surface area is 126 Å². The van der Waals surface area contributed by atoms with Crippen molar-refractivity contribution >= 4 is 5.96 Å². The fraction of sp³-hybridized carbons (Fsp3) is 0.562. The Bertz CT molecular complexity index is 448. The Morgan fingerprint density at radius 3 is 2.62 bits per heavy atom. The van der Waals surface area contributed by atoms with Crippen molar-refractivity contribution in [3.63, 3.8) is 0 Å². The number of hydrogen-bond donors (Lipinski definition) is 2. The number of aliphatic hydroxyl groups is 1. The molecule has 21 heavy (non-hydrogen) atoms. The molecule has 0 radical (unpaired) electrons. The first-order chi connectivity index (χ1) is 10.2. The smallest absolute Gasteiger partial charge is 0.193 e. The van der Waals surface area contributed by atoms with E-state index in [0.717, 1.165) is 25.3 Å². The topological polar surface area (TPSA) is 57.1 Å². The first-order valence-corrected chi connectivity index (χ1v) is 7.45. The fourth-order valence-electron chi connectivity index (χ4n) is 2.37. The van der Waals surface area contributed by atoms with Gasteiger partial charge in [0.2, 0.25) is 0 Å². The van der Waals surface area contributed by atoms with Gasteiger partial charge in [-0.1, -0.05) is 30.3 Å². The zero-order valence-electron chi connectivity index (χ0n) is 12.8. The van der Waals surface area contributed by atoms with Crippen LogP contribution in [0.1, 0.15) is 18.4 Å². The molecule has 0 spiro atoms. The quantitative estimate of drug-likeness (QED) is 0.633. The Hall–Kier alpha value is -1.59. The first-order valence-electron chi connectivity index (χ1n) is 7.45. The zero-order valence-corrected chi connectivity index (χ0v) is 12.8. The van der Waals surface area contributed by atoms with Gasteiger partial charge >= 0.3 is 0 Å². The summed E-state index contributed by atoms with van der Waals surface area (Å²) in [6, 6.07) is 10.2. The molecule has 0 aliphatic carbocycles. The summed E-state index contributed by atoms with van der Waals surface area (Å²) in [6.45, 7) is 1.49. The standard InChI is InChI=1S/C16H25N3O2/c1-19(2)16(17-10-13-6-4-3-5-7-13)18-11-14-8-9-15(12-20)21-14/h3-7,14-15,20H,8-12H2,1-2H3,(H,17,18)/t14-,15+/m1/s1. The lowest BCUT2D eigenvalue weighted by atomic mass is 10.2. The maximum atomic E-state index is 9.08. The van der Waals surface area contributed by atoms with Gasteiger partial charge in [-0.2, -0.15) is 0 Å². The third-order valence-corrected chi connectivity index (χ3v) is 3.56. The van der Waals surface area contributed by atoms with Crippen LogP contribution in [-0.4, -0.2) is 55.4 Å². The van der Waals surface area contributed by atoms with Crippen molar-refractivity contribution < 1.29 is 9.84 Å². The highest BCUT2D eigenvalue weighted by molar-refractivity contribution is 5.79. The summed E-state index contributed by atoms with van der Waals surface area (Å²) in [7, 11) is 3.95. The van der Waals surface area contributed by atoms with Gasteiger partial charge in [-0.05, 0) is 18.4 Å². The third kappa shape index (κ3) is 5.02. The molecular formula is C16H25N3O2. The molecule has 0 aromatic heterocycles. The Morgan fingerprint density at radius 1 is 1.29 bits per heavy atom. The van der Waals surface area contributed by atoms with Gasteiger partial charge in [0, 0.05) is 20.6 Å². The number of ether oxygens (including phenoxy) is 1.